The molecule has 0 aliphatic carbocycles. The molecule has 142 valence electrons. The second kappa shape index (κ2) is 7.87. The van der Waals surface area contributed by atoms with Crippen LogP contribution in [0.4, 0.5) is 17.5 Å². The highest BCUT2D eigenvalue weighted by Crippen LogP contribution is 2.28. The lowest BCUT2D eigenvalue weighted by Gasteiger charge is -2.33. The third-order valence-corrected chi connectivity index (χ3v) is 5.70. The number of sulfonamides is 1. The van der Waals surface area contributed by atoms with Crippen LogP contribution >= 0.6 is 15.9 Å². The number of benzene rings is 1. The van der Waals surface area contributed by atoms with E-state index in [1.807, 2.05) is 20.8 Å². The molecule has 0 saturated carbocycles. The van der Waals surface area contributed by atoms with Crippen molar-refractivity contribution in [2.75, 3.05) is 17.2 Å². The summed E-state index contributed by atoms with van der Waals surface area (Å²) >= 11 is 3.40. The van der Waals surface area contributed by atoms with E-state index < -0.39 is 15.6 Å². The van der Waals surface area contributed by atoms with Crippen LogP contribution in [0.2, 0.25) is 0 Å². The van der Waals surface area contributed by atoms with Gasteiger partial charge in [0, 0.05) is 11.9 Å². The number of hydrogen-bond acceptors (Lipinski definition) is 7. The van der Waals surface area contributed by atoms with E-state index in [-0.39, 0.29) is 17.4 Å². The van der Waals surface area contributed by atoms with Crippen LogP contribution in [0.25, 0.3) is 0 Å². The Kier molecular flexibility index (Phi) is 6.22. The van der Waals surface area contributed by atoms with E-state index in [2.05, 4.69) is 36.5 Å². The first-order valence-electron chi connectivity index (χ1n) is 7.86. The zero-order chi connectivity index (χ0) is 19.5. The average Bonchev–Trinajstić information content (AvgIpc) is 2.57. The fourth-order valence-corrected chi connectivity index (χ4v) is 2.81. The molecule has 2 rings (SSSR count). The molecule has 0 radical (unpaired) electrons. The average molecular weight is 444 g/mol. The molecule has 0 spiro atoms. The monoisotopic (exact) mass is 443 g/mol. The van der Waals surface area contributed by atoms with Gasteiger partial charge in [0.1, 0.15) is 5.82 Å². The number of aliphatic hydroxyl groups excluding tert-OH is 1. The van der Waals surface area contributed by atoms with Crippen LogP contribution in [0.5, 0.6) is 0 Å². The maximum absolute atomic E-state index is 11.3. The lowest BCUT2D eigenvalue weighted by molar-refractivity contribution is 0.185. The van der Waals surface area contributed by atoms with Crippen LogP contribution in [0, 0.1) is 5.92 Å². The van der Waals surface area contributed by atoms with Crippen molar-refractivity contribution in [3.63, 3.8) is 0 Å². The summed E-state index contributed by atoms with van der Waals surface area (Å²) in [5, 5.41) is 21.0. The van der Waals surface area contributed by atoms with Crippen LogP contribution in [0.1, 0.15) is 20.8 Å². The SMILES string of the molecule is CC(C)C(C)(CO)Nc1nc(Nc2ccc(S(N)(=O)=O)cc2)ncc1Br. The van der Waals surface area contributed by atoms with Crippen molar-refractivity contribution in [1.82, 2.24) is 9.97 Å². The van der Waals surface area contributed by atoms with Gasteiger partial charge in [-0.1, -0.05) is 13.8 Å². The molecule has 1 aromatic carbocycles. The third-order valence-electron chi connectivity index (χ3n) is 4.19. The number of primary sulfonamides is 1. The molecule has 0 fully saturated rings. The lowest BCUT2D eigenvalue weighted by atomic mass is 9.89. The van der Waals surface area contributed by atoms with Crippen molar-refractivity contribution in [2.24, 2.45) is 11.1 Å². The quantitative estimate of drug-likeness (QED) is 0.516. The number of anilines is 3. The maximum Gasteiger partial charge on any atom is 0.238 e. The Morgan fingerprint density at radius 3 is 2.42 bits per heavy atom. The number of nitrogens with two attached hydrogens (primary N) is 1. The predicted octanol–water partition coefficient (Wildman–Crippen LogP) is 2.45. The topological polar surface area (TPSA) is 130 Å². The van der Waals surface area contributed by atoms with Crippen LogP contribution in [0.3, 0.4) is 0 Å². The number of nitrogens with one attached hydrogen (secondary N) is 2. The van der Waals surface area contributed by atoms with Gasteiger partial charge in [-0.2, -0.15) is 4.98 Å². The summed E-state index contributed by atoms with van der Waals surface area (Å²) in [5.74, 6) is 1.02. The van der Waals surface area contributed by atoms with Gasteiger partial charge in [0.25, 0.3) is 0 Å². The largest absolute Gasteiger partial charge is 0.394 e. The molecule has 2 aromatic rings. The highest BCUT2D eigenvalue weighted by molar-refractivity contribution is 9.10. The van der Waals surface area contributed by atoms with Gasteiger partial charge in [-0.05, 0) is 53.0 Å². The van der Waals surface area contributed by atoms with Crippen LogP contribution < -0.4 is 15.8 Å². The smallest absolute Gasteiger partial charge is 0.238 e. The standard InChI is InChI=1S/C16H22BrN5O3S/c1-10(2)16(3,9-23)22-14-13(17)8-19-15(21-14)20-11-4-6-12(7-5-11)26(18,24)25/h4-8,10,23H,9H2,1-3H3,(H2,18,24,25)(H2,19,20,21,22). The Balaban J connectivity index is 2.24. The first-order chi connectivity index (χ1) is 12.0. The molecule has 0 amide bonds. The van der Waals surface area contributed by atoms with Crippen LogP contribution in [-0.4, -0.2) is 35.6 Å². The second-order valence-corrected chi connectivity index (χ2v) is 8.86. The molecule has 0 bridgehead atoms. The summed E-state index contributed by atoms with van der Waals surface area (Å²) in [7, 11) is -3.74. The van der Waals surface area contributed by atoms with Crippen molar-refractivity contribution in [3.8, 4) is 0 Å². The molecule has 1 aromatic heterocycles. The number of aliphatic hydroxyl groups is 1. The highest BCUT2D eigenvalue weighted by atomic mass is 79.9. The molecule has 1 unspecified atom stereocenters. The van der Waals surface area contributed by atoms with Gasteiger partial charge in [-0.25, -0.2) is 18.5 Å². The van der Waals surface area contributed by atoms with E-state index in [0.717, 1.165) is 0 Å². The van der Waals surface area contributed by atoms with Crippen molar-refractivity contribution >= 4 is 43.4 Å². The normalized spacial score (nSPS) is 14.1. The van der Waals surface area contributed by atoms with Gasteiger partial charge in [-0.3, -0.25) is 0 Å². The molecule has 10 heteroatoms. The molecule has 26 heavy (non-hydrogen) atoms. The Morgan fingerprint density at radius 2 is 1.92 bits per heavy atom. The summed E-state index contributed by atoms with van der Waals surface area (Å²) in [6, 6.07) is 5.95. The molecular weight excluding hydrogens is 422 g/mol. The minimum absolute atomic E-state index is 0.0257. The second-order valence-electron chi connectivity index (χ2n) is 6.44. The van der Waals surface area contributed by atoms with Gasteiger partial charge in [0.2, 0.25) is 16.0 Å². The molecule has 1 heterocycles. The van der Waals surface area contributed by atoms with Gasteiger partial charge < -0.3 is 15.7 Å². The predicted molar refractivity (Wildman–Crippen MR) is 105 cm³/mol. The van der Waals surface area contributed by atoms with Crippen LogP contribution in [-0.2, 0) is 10.0 Å². The first kappa shape index (κ1) is 20.6. The Bertz CT molecular complexity index is 874. The van der Waals surface area contributed by atoms with E-state index >= 15 is 0 Å². The fraction of sp³-hybridized carbons (Fsp3) is 0.375. The maximum atomic E-state index is 11.3. The summed E-state index contributed by atoms with van der Waals surface area (Å²) in [6.45, 7) is 5.86. The van der Waals surface area contributed by atoms with Gasteiger partial charge >= 0.3 is 0 Å². The number of aromatic nitrogens is 2. The van der Waals surface area contributed by atoms with Crippen molar-refractivity contribution in [2.45, 2.75) is 31.2 Å². The molecule has 5 N–H and O–H groups in total. The van der Waals surface area contributed by atoms with Crippen molar-refractivity contribution in [3.05, 3.63) is 34.9 Å². The Hall–Kier alpha value is -1.75. The minimum atomic E-state index is -3.74. The zero-order valence-corrected chi connectivity index (χ0v) is 17.1. The highest BCUT2D eigenvalue weighted by Gasteiger charge is 2.28. The molecular formula is C16H22BrN5O3S. The van der Waals surface area contributed by atoms with Crippen LogP contribution in [0.15, 0.2) is 39.8 Å². The molecule has 0 aliphatic heterocycles. The summed E-state index contributed by atoms with van der Waals surface area (Å²) < 4.78 is 23.3. The minimum Gasteiger partial charge on any atom is -0.394 e. The first-order valence-corrected chi connectivity index (χ1v) is 10.2. The Morgan fingerprint density at radius 1 is 1.31 bits per heavy atom. The number of hydrogen-bond donors (Lipinski definition) is 4. The fourth-order valence-electron chi connectivity index (χ4n) is 2.01. The van der Waals surface area contributed by atoms with Gasteiger partial charge in [0.15, 0.2) is 0 Å². The van der Waals surface area contributed by atoms with Gasteiger partial charge in [-0.15, -0.1) is 0 Å². The molecule has 8 nitrogen and oxygen atoms in total. The van der Waals surface area contributed by atoms with E-state index in [1.165, 1.54) is 12.1 Å². The van der Waals surface area contributed by atoms with E-state index in [4.69, 9.17) is 5.14 Å². The zero-order valence-electron chi connectivity index (χ0n) is 14.7. The van der Waals surface area contributed by atoms with Crippen molar-refractivity contribution in [1.29, 1.82) is 0 Å². The summed E-state index contributed by atoms with van der Waals surface area (Å²) in [5.41, 5.74) is 0.0603. The number of nitrogens with zero attached hydrogens (tertiary/aromatic N) is 2. The molecule has 0 saturated heterocycles. The Labute approximate surface area is 161 Å². The van der Waals surface area contributed by atoms with E-state index in [1.54, 1.807) is 18.3 Å². The van der Waals surface area contributed by atoms with Crippen molar-refractivity contribution < 1.29 is 13.5 Å². The third kappa shape index (κ3) is 4.91. The molecule has 1 atom stereocenters. The van der Waals surface area contributed by atoms with Gasteiger partial charge in [0.05, 0.1) is 21.5 Å². The number of halogens is 1. The summed E-state index contributed by atoms with van der Waals surface area (Å²) in [4.78, 5) is 8.64. The number of rotatable bonds is 7. The van der Waals surface area contributed by atoms with E-state index in [9.17, 15) is 13.5 Å². The molecule has 0 aliphatic rings. The summed E-state index contributed by atoms with van der Waals surface area (Å²) in [6.07, 6.45) is 1.59. The lowest BCUT2D eigenvalue weighted by Crippen LogP contribution is -2.44. The van der Waals surface area contributed by atoms with E-state index in [0.29, 0.717) is 21.9 Å².